The molecule has 0 amide bonds. The zero-order valence-corrected chi connectivity index (χ0v) is 9.73. The molecule has 0 atom stereocenters. The minimum absolute atomic E-state index is 0.303. The van der Waals surface area contributed by atoms with E-state index in [-0.39, 0.29) is 0 Å². The second-order valence-electron chi connectivity index (χ2n) is 3.38. The average molecular weight is 218 g/mol. The molecule has 0 heterocycles. The molecule has 0 radical (unpaired) electrons. The maximum absolute atomic E-state index is 8.86. The third kappa shape index (κ3) is 3.15. The second kappa shape index (κ2) is 6.32. The second-order valence-corrected chi connectivity index (χ2v) is 4.53. The molecule has 0 aromatic carbocycles. The van der Waals surface area contributed by atoms with E-state index in [1.807, 2.05) is 12.1 Å². The van der Waals surface area contributed by atoms with Crippen LogP contribution in [0.4, 0.5) is 0 Å². The predicted octanol–water partition coefficient (Wildman–Crippen LogP) is 3.54. The molecule has 1 fully saturated rings. The lowest BCUT2D eigenvalue weighted by Gasteiger charge is -2.17. The van der Waals surface area contributed by atoms with E-state index in [0.717, 1.165) is 30.6 Å². The minimum atomic E-state index is 0.303. The highest BCUT2D eigenvalue weighted by molar-refractivity contribution is 8.02. The summed E-state index contributed by atoms with van der Waals surface area (Å²) in [5.41, 5.74) is 2.48. The summed E-state index contributed by atoms with van der Waals surface area (Å²) in [5, 5.41) is 19.8. The van der Waals surface area contributed by atoms with Crippen LogP contribution < -0.4 is 0 Å². The summed E-state index contributed by atoms with van der Waals surface area (Å²) in [6.45, 7) is 2.10. The average Bonchev–Trinajstić information content (AvgIpc) is 2.29. The van der Waals surface area contributed by atoms with Crippen molar-refractivity contribution in [3.63, 3.8) is 0 Å². The monoisotopic (exact) mass is 218 g/mol. The quantitative estimate of drug-likeness (QED) is 0.666. The summed E-state index contributed by atoms with van der Waals surface area (Å²) in [6, 6.07) is 3.99. The highest BCUT2D eigenvalue weighted by Crippen LogP contribution is 2.32. The first-order valence-corrected chi connectivity index (χ1v) is 6.22. The Morgan fingerprint density at radius 2 is 2.00 bits per heavy atom. The van der Waals surface area contributed by atoms with Gasteiger partial charge in [0.15, 0.2) is 0 Å². The molecule has 0 aromatic heterocycles. The molecule has 3 heteroatoms. The smallest absolute Gasteiger partial charge is 0.133 e. The molecule has 0 spiro atoms. The highest BCUT2D eigenvalue weighted by atomic mass is 32.2. The van der Waals surface area contributed by atoms with Crippen LogP contribution in [0.15, 0.2) is 22.1 Å². The van der Waals surface area contributed by atoms with Crippen molar-refractivity contribution in [2.45, 2.75) is 32.6 Å². The molecular weight excluding hydrogens is 204 g/mol. The molecule has 1 rings (SSSR count). The lowest BCUT2D eigenvalue weighted by atomic mass is 9.88. The third-order valence-corrected chi connectivity index (χ3v) is 3.21. The fourth-order valence-electron chi connectivity index (χ4n) is 1.69. The summed E-state index contributed by atoms with van der Waals surface area (Å²) < 4.78 is 0. The number of allylic oxidation sites excluding steroid dienone is 3. The largest absolute Gasteiger partial charge is 0.192 e. The van der Waals surface area contributed by atoms with Crippen molar-refractivity contribution >= 4 is 11.8 Å². The van der Waals surface area contributed by atoms with Crippen LogP contribution in [0.1, 0.15) is 32.6 Å². The SMILES string of the molecule is CCSC=C1CCCCC1=C(C#N)C#N. The molecule has 1 saturated carbocycles. The standard InChI is InChI=1S/C12H14N2S/c1-2-15-9-10-5-3-4-6-12(10)11(7-13)8-14/h9H,2-6H2,1H3. The molecular formula is C12H14N2S. The van der Waals surface area contributed by atoms with Crippen molar-refractivity contribution in [1.82, 2.24) is 0 Å². The van der Waals surface area contributed by atoms with E-state index in [9.17, 15) is 0 Å². The summed E-state index contributed by atoms with van der Waals surface area (Å²) >= 11 is 1.74. The van der Waals surface area contributed by atoms with Crippen LogP contribution in [0.3, 0.4) is 0 Å². The van der Waals surface area contributed by atoms with Crippen LogP contribution in [-0.4, -0.2) is 5.75 Å². The summed E-state index contributed by atoms with van der Waals surface area (Å²) in [6.07, 6.45) is 4.15. The molecule has 0 saturated heterocycles. The van der Waals surface area contributed by atoms with Crippen LogP contribution in [-0.2, 0) is 0 Å². The first-order valence-electron chi connectivity index (χ1n) is 5.17. The number of hydrogen-bond acceptors (Lipinski definition) is 3. The van der Waals surface area contributed by atoms with E-state index in [2.05, 4.69) is 12.3 Å². The highest BCUT2D eigenvalue weighted by Gasteiger charge is 2.15. The third-order valence-electron chi connectivity index (χ3n) is 2.43. The Labute approximate surface area is 95.3 Å². The molecule has 0 unspecified atom stereocenters. The van der Waals surface area contributed by atoms with Gasteiger partial charge in [-0.25, -0.2) is 0 Å². The number of nitriles is 2. The van der Waals surface area contributed by atoms with E-state index in [1.165, 1.54) is 12.0 Å². The maximum Gasteiger partial charge on any atom is 0.133 e. The molecule has 78 valence electrons. The van der Waals surface area contributed by atoms with Gasteiger partial charge in [0, 0.05) is 0 Å². The van der Waals surface area contributed by atoms with Crippen LogP contribution >= 0.6 is 11.8 Å². The van der Waals surface area contributed by atoms with Gasteiger partial charge in [-0.3, -0.25) is 0 Å². The van der Waals surface area contributed by atoms with E-state index in [1.54, 1.807) is 11.8 Å². The van der Waals surface area contributed by atoms with Gasteiger partial charge in [0.25, 0.3) is 0 Å². The molecule has 0 bridgehead atoms. The normalized spacial score (nSPS) is 18.3. The maximum atomic E-state index is 8.86. The van der Waals surface area contributed by atoms with Crippen molar-refractivity contribution in [3.8, 4) is 12.1 Å². The van der Waals surface area contributed by atoms with Crippen LogP contribution in [0.25, 0.3) is 0 Å². The van der Waals surface area contributed by atoms with Crippen molar-refractivity contribution in [3.05, 3.63) is 22.1 Å². The lowest BCUT2D eigenvalue weighted by Crippen LogP contribution is -2.01. The molecule has 0 N–H and O–H groups in total. The van der Waals surface area contributed by atoms with Crippen molar-refractivity contribution in [2.24, 2.45) is 0 Å². The van der Waals surface area contributed by atoms with Gasteiger partial charge in [-0.15, -0.1) is 11.8 Å². The molecule has 2 nitrogen and oxygen atoms in total. The van der Waals surface area contributed by atoms with Crippen molar-refractivity contribution < 1.29 is 0 Å². The summed E-state index contributed by atoms with van der Waals surface area (Å²) in [4.78, 5) is 0. The van der Waals surface area contributed by atoms with Gasteiger partial charge in [0.1, 0.15) is 17.7 Å². The number of hydrogen-bond donors (Lipinski definition) is 0. The first-order chi connectivity index (χ1) is 7.33. The first kappa shape index (κ1) is 11.9. The summed E-state index contributed by atoms with van der Waals surface area (Å²) in [5.74, 6) is 1.03. The lowest BCUT2D eigenvalue weighted by molar-refractivity contribution is 0.678. The Balaban J connectivity index is 2.99. The summed E-state index contributed by atoms with van der Waals surface area (Å²) in [7, 11) is 0. The van der Waals surface area contributed by atoms with E-state index in [0.29, 0.717) is 5.57 Å². The zero-order chi connectivity index (χ0) is 11.1. The molecule has 0 aliphatic heterocycles. The van der Waals surface area contributed by atoms with Crippen molar-refractivity contribution in [2.75, 3.05) is 5.75 Å². The predicted molar refractivity (Wildman–Crippen MR) is 62.9 cm³/mol. The van der Waals surface area contributed by atoms with Gasteiger partial charge in [0.05, 0.1) is 0 Å². The van der Waals surface area contributed by atoms with Crippen LogP contribution in [0, 0.1) is 22.7 Å². The Kier molecular flexibility index (Phi) is 5.01. The zero-order valence-electron chi connectivity index (χ0n) is 8.92. The Hall–Kier alpha value is -1.19. The molecule has 1 aliphatic carbocycles. The van der Waals surface area contributed by atoms with E-state index < -0.39 is 0 Å². The van der Waals surface area contributed by atoms with Crippen molar-refractivity contribution in [1.29, 1.82) is 10.5 Å². The van der Waals surface area contributed by atoms with Gasteiger partial charge in [-0.1, -0.05) is 6.92 Å². The fraction of sp³-hybridized carbons (Fsp3) is 0.500. The van der Waals surface area contributed by atoms with Crippen LogP contribution in [0.5, 0.6) is 0 Å². The Bertz CT molecular complexity index is 350. The van der Waals surface area contributed by atoms with Gasteiger partial charge >= 0.3 is 0 Å². The van der Waals surface area contributed by atoms with Gasteiger partial charge in [-0.05, 0) is 48.0 Å². The topological polar surface area (TPSA) is 47.6 Å². The van der Waals surface area contributed by atoms with E-state index >= 15 is 0 Å². The van der Waals surface area contributed by atoms with E-state index in [4.69, 9.17) is 10.5 Å². The van der Waals surface area contributed by atoms with Crippen LogP contribution in [0.2, 0.25) is 0 Å². The number of rotatable bonds is 2. The Morgan fingerprint density at radius 1 is 1.33 bits per heavy atom. The van der Waals surface area contributed by atoms with Gasteiger partial charge < -0.3 is 0 Å². The van der Waals surface area contributed by atoms with Gasteiger partial charge in [0.2, 0.25) is 0 Å². The molecule has 1 aliphatic rings. The molecule has 0 aromatic rings. The fourth-order valence-corrected chi connectivity index (χ4v) is 2.32. The number of nitrogens with zero attached hydrogens (tertiary/aromatic N) is 2. The Morgan fingerprint density at radius 3 is 2.60 bits per heavy atom. The molecule has 15 heavy (non-hydrogen) atoms. The number of thioether (sulfide) groups is 1. The van der Waals surface area contributed by atoms with Gasteiger partial charge in [-0.2, -0.15) is 10.5 Å². The minimum Gasteiger partial charge on any atom is -0.192 e.